The highest BCUT2D eigenvalue weighted by Gasteiger charge is 2.16. The van der Waals surface area contributed by atoms with Crippen molar-refractivity contribution in [2.45, 2.75) is 39.2 Å². The van der Waals surface area contributed by atoms with Crippen LogP contribution in [0.25, 0.3) is 0 Å². The summed E-state index contributed by atoms with van der Waals surface area (Å²) in [5.74, 6) is 0.790. The molecule has 0 saturated carbocycles. The van der Waals surface area contributed by atoms with Crippen molar-refractivity contribution < 1.29 is 4.74 Å². The Morgan fingerprint density at radius 2 is 2.31 bits per heavy atom. The van der Waals surface area contributed by atoms with E-state index in [1.54, 1.807) is 0 Å². The van der Waals surface area contributed by atoms with Gasteiger partial charge in [0.1, 0.15) is 0 Å². The summed E-state index contributed by atoms with van der Waals surface area (Å²) in [6.45, 7) is 6.77. The van der Waals surface area contributed by atoms with Crippen LogP contribution in [0.15, 0.2) is 0 Å². The summed E-state index contributed by atoms with van der Waals surface area (Å²) in [5.41, 5.74) is 0. The summed E-state index contributed by atoms with van der Waals surface area (Å²) < 4.78 is 5.45. The first-order valence-corrected chi connectivity index (χ1v) is 5.18. The van der Waals surface area contributed by atoms with E-state index in [9.17, 15) is 0 Å². The van der Waals surface area contributed by atoms with Gasteiger partial charge in [-0.05, 0) is 26.7 Å². The van der Waals surface area contributed by atoms with Crippen LogP contribution in [0.4, 0.5) is 0 Å². The van der Waals surface area contributed by atoms with Gasteiger partial charge in [0, 0.05) is 26.1 Å². The quantitative estimate of drug-likeness (QED) is 0.724. The van der Waals surface area contributed by atoms with Crippen molar-refractivity contribution in [3.63, 3.8) is 0 Å². The third-order valence-corrected chi connectivity index (χ3v) is 2.40. The molecule has 1 heterocycles. The van der Waals surface area contributed by atoms with E-state index < -0.39 is 0 Å². The Labute approximate surface area is 80.6 Å². The lowest BCUT2D eigenvalue weighted by atomic mass is 10.1. The van der Waals surface area contributed by atoms with Crippen LogP contribution in [0, 0.1) is 5.41 Å². The number of hydrogen-bond acceptors (Lipinski definition) is 2. The lowest BCUT2D eigenvalue weighted by Gasteiger charge is -2.31. The minimum Gasteiger partial charge on any atom is -0.377 e. The third-order valence-electron chi connectivity index (χ3n) is 2.40. The maximum absolute atomic E-state index is 7.74. The SMILES string of the molecule is CCOC(C)CN1CCCCC1=N. The van der Waals surface area contributed by atoms with E-state index in [0.29, 0.717) is 0 Å². The average molecular weight is 184 g/mol. The minimum absolute atomic E-state index is 0.253. The fourth-order valence-electron chi connectivity index (χ4n) is 1.74. The van der Waals surface area contributed by atoms with Crippen molar-refractivity contribution >= 4 is 5.84 Å². The topological polar surface area (TPSA) is 36.3 Å². The van der Waals surface area contributed by atoms with Crippen LogP contribution in [0.2, 0.25) is 0 Å². The number of piperidine rings is 1. The fourth-order valence-corrected chi connectivity index (χ4v) is 1.74. The lowest BCUT2D eigenvalue weighted by molar-refractivity contribution is 0.0582. The Hall–Kier alpha value is -0.570. The summed E-state index contributed by atoms with van der Waals surface area (Å²) in [5, 5.41) is 7.74. The zero-order valence-corrected chi connectivity index (χ0v) is 8.68. The molecule has 1 rings (SSSR count). The zero-order valence-electron chi connectivity index (χ0n) is 8.68. The zero-order chi connectivity index (χ0) is 9.68. The van der Waals surface area contributed by atoms with Crippen LogP contribution >= 0.6 is 0 Å². The standard InChI is InChI=1S/C10H20N2O/c1-3-13-9(2)8-12-7-5-4-6-10(12)11/h9,11H,3-8H2,1-2H3. The fraction of sp³-hybridized carbons (Fsp3) is 0.900. The molecule has 1 unspecified atom stereocenters. The van der Waals surface area contributed by atoms with E-state index in [0.717, 1.165) is 32.0 Å². The summed E-state index contributed by atoms with van der Waals surface area (Å²) in [7, 11) is 0. The highest BCUT2D eigenvalue weighted by molar-refractivity contribution is 5.79. The van der Waals surface area contributed by atoms with Gasteiger partial charge in [-0.2, -0.15) is 0 Å². The second-order valence-corrected chi connectivity index (χ2v) is 3.62. The van der Waals surface area contributed by atoms with Gasteiger partial charge in [-0.3, -0.25) is 5.41 Å². The van der Waals surface area contributed by atoms with Gasteiger partial charge in [0.05, 0.1) is 11.9 Å². The summed E-state index contributed by atoms with van der Waals surface area (Å²) in [6, 6.07) is 0. The van der Waals surface area contributed by atoms with Crippen molar-refractivity contribution in [2.75, 3.05) is 19.7 Å². The van der Waals surface area contributed by atoms with Gasteiger partial charge in [-0.25, -0.2) is 0 Å². The Balaban J connectivity index is 2.29. The summed E-state index contributed by atoms with van der Waals surface area (Å²) in [6.07, 6.45) is 3.60. The molecule has 76 valence electrons. The monoisotopic (exact) mass is 184 g/mol. The Morgan fingerprint density at radius 3 is 2.92 bits per heavy atom. The number of nitrogens with zero attached hydrogens (tertiary/aromatic N) is 1. The van der Waals surface area contributed by atoms with Crippen LogP contribution in [-0.2, 0) is 4.74 Å². The predicted octanol–water partition coefficient (Wildman–Crippen LogP) is 1.87. The molecule has 13 heavy (non-hydrogen) atoms. The molecule has 1 saturated heterocycles. The van der Waals surface area contributed by atoms with Gasteiger partial charge in [0.2, 0.25) is 0 Å². The Kier molecular flexibility index (Phi) is 4.22. The summed E-state index contributed by atoms with van der Waals surface area (Å²) >= 11 is 0. The van der Waals surface area contributed by atoms with Crippen LogP contribution in [-0.4, -0.2) is 36.5 Å². The average Bonchev–Trinajstić information content (AvgIpc) is 2.09. The molecule has 0 radical (unpaired) electrons. The van der Waals surface area contributed by atoms with Crippen LogP contribution in [0.1, 0.15) is 33.1 Å². The molecule has 0 amide bonds. The summed E-state index contributed by atoms with van der Waals surface area (Å²) in [4.78, 5) is 2.14. The van der Waals surface area contributed by atoms with Crippen LogP contribution in [0.5, 0.6) is 0 Å². The lowest BCUT2D eigenvalue weighted by Crippen LogP contribution is -2.40. The van der Waals surface area contributed by atoms with Gasteiger partial charge < -0.3 is 9.64 Å². The van der Waals surface area contributed by atoms with Crippen molar-refractivity contribution in [2.24, 2.45) is 0 Å². The molecule has 3 nitrogen and oxygen atoms in total. The normalized spacial score (nSPS) is 20.5. The molecule has 1 N–H and O–H groups in total. The Morgan fingerprint density at radius 1 is 1.54 bits per heavy atom. The number of likely N-dealkylation sites (tertiary alicyclic amines) is 1. The van der Waals surface area contributed by atoms with Crippen molar-refractivity contribution in [1.82, 2.24) is 4.90 Å². The molecule has 0 aromatic carbocycles. The molecule has 0 aliphatic carbocycles. The first-order chi connectivity index (χ1) is 6.24. The van der Waals surface area contributed by atoms with E-state index in [1.165, 1.54) is 12.8 Å². The van der Waals surface area contributed by atoms with Crippen LogP contribution in [0.3, 0.4) is 0 Å². The minimum atomic E-state index is 0.253. The molecule has 1 atom stereocenters. The van der Waals surface area contributed by atoms with E-state index >= 15 is 0 Å². The number of rotatable bonds is 4. The molecule has 0 bridgehead atoms. The first kappa shape index (κ1) is 10.5. The molecule has 0 aromatic rings. The number of nitrogens with one attached hydrogen (secondary N) is 1. The molecule has 1 aliphatic heterocycles. The number of ether oxygens (including phenoxy) is 1. The maximum Gasteiger partial charge on any atom is 0.0958 e. The maximum atomic E-state index is 7.74. The van der Waals surface area contributed by atoms with Crippen molar-refractivity contribution in [1.29, 1.82) is 5.41 Å². The Bertz CT molecular complexity index is 170. The van der Waals surface area contributed by atoms with Gasteiger partial charge in [-0.15, -0.1) is 0 Å². The van der Waals surface area contributed by atoms with E-state index in [1.807, 2.05) is 6.92 Å². The molecule has 1 fully saturated rings. The first-order valence-electron chi connectivity index (χ1n) is 5.18. The highest BCUT2D eigenvalue weighted by atomic mass is 16.5. The van der Waals surface area contributed by atoms with Gasteiger partial charge in [0.15, 0.2) is 0 Å². The largest absolute Gasteiger partial charge is 0.377 e. The number of hydrogen-bond donors (Lipinski definition) is 1. The van der Waals surface area contributed by atoms with Gasteiger partial charge >= 0.3 is 0 Å². The highest BCUT2D eigenvalue weighted by Crippen LogP contribution is 2.11. The van der Waals surface area contributed by atoms with E-state index in [2.05, 4.69) is 11.8 Å². The van der Waals surface area contributed by atoms with Crippen molar-refractivity contribution in [3.8, 4) is 0 Å². The second-order valence-electron chi connectivity index (χ2n) is 3.62. The van der Waals surface area contributed by atoms with Crippen molar-refractivity contribution in [3.05, 3.63) is 0 Å². The molecular weight excluding hydrogens is 164 g/mol. The predicted molar refractivity (Wildman–Crippen MR) is 54.2 cm³/mol. The smallest absolute Gasteiger partial charge is 0.0958 e. The van der Waals surface area contributed by atoms with E-state index in [4.69, 9.17) is 10.1 Å². The molecule has 3 heteroatoms. The van der Waals surface area contributed by atoms with Gasteiger partial charge in [-0.1, -0.05) is 0 Å². The van der Waals surface area contributed by atoms with E-state index in [-0.39, 0.29) is 6.10 Å². The molecule has 0 spiro atoms. The molecule has 1 aliphatic rings. The van der Waals surface area contributed by atoms with Crippen LogP contribution < -0.4 is 0 Å². The molecular formula is C10H20N2O. The van der Waals surface area contributed by atoms with Gasteiger partial charge in [0.25, 0.3) is 0 Å². The third kappa shape index (κ3) is 3.35. The second kappa shape index (κ2) is 5.22. The molecule has 0 aromatic heterocycles. The number of amidine groups is 1.